The van der Waals surface area contributed by atoms with Crippen LogP contribution in [0.3, 0.4) is 0 Å². The predicted molar refractivity (Wildman–Crippen MR) is 126 cm³/mol. The molecule has 0 aliphatic carbocycles. The normalized spacial score (nSPS) is 15.4. The van der Waals surface area contributed by atoms with Crippen molar-refractivity contribution in [1.29, 1.82) is 0 Å². The third kappa shape index (κ3) is 6.95. The molecule has 2 aromatic carbocycles. The van der Waals surface area contributed by atoms with E-state index in [0.717, 1.165) is 43.0 Å². The number of anilines is 1. The molecule has 0 unspecified atom stereocenters. The summed E-state index contributed by atoms with van der Waals surface area (Å²) in [4.78, 5) is 16.5. The van der Waals surface area contributed by atoms with Gasteiger partial charge in [0.05, 0.1) is 18.6 Å². The van der Waals surface area contributed by atoms with Gasteiger partial charge in [0.15, 0.2) is 0 Å². The molecule has 1 heterocycles. The third-order valence-electron chi connectivity index (χ3n) is 6.27. The van der Waals surface area contributed by atoms with E-state index in [1.54, 1.807) is 17.0 Å². The van der Waals surface area contributed by atoms with E-state index < -0.39 is 5.60 Å². The molecule has 0 bridgehead atoms. The Morgan fingerprint density at radius 3 is 2.41 bits per heavy atom. The molecular formula is C26H35FN2O3. The van der Waals surface area contributed by atoms with Crippen LogP contribution < -0.4 is 9.64 Å². The molecule has 1 aliphatic heterocycles. The first kappa shape index (κ1) is 24.1. The summed E-state index contributed by atoms with van der Waals surface area (Å²) in [6.07, 6.45) is 4.22. The Kier molecular flexibility index (Phi) is 8.51. The quantitative estimate of drug-likeness (QED) is 0.553. The van der Waals surface area contributed by atoms with Crippen LogP contribution in [0.4, 0.5) is 10.1 Å². The average Bonchev–Trinajstić information content (AvgIpc) is 2.80. The van der Waals surface area contributed by atoms with Crippen LogP contribution in [0.5, 0.6) is 5.75 Å². The number of carbonyl (C=O) groups excluding carboxylic acids is 1. The van der Waals surface area contributed by atoms with Crippen molar-refractivity contribution < 1.29 is 19.0 Å². The van der Waals surface area contributed by atoms with Crippen LogP contribution in [0.15, 0.2) is 48.5 Å². The van der Waals surface area contributed by atoms with Crippen molar-refractivity contribution in [2.75, 3.05) is 38.2 Å². The number of aliphatic hydroxyl groups is 1. The molecule has 0 saturated carbocycles. The number of benzene rings is 2. The Hall–Kier alpha value is -2.60. The fraction of sp³-hybridized carbons (Fsp3) is 0.500. The number of unbranched alkanes of at least 4 members (excludes halogenated alkanes) is 1. The molecule has 5 nitrogen and oxygen atoms in total. The van der Waals surface area contributed by atoms with E-state index in [4.69, 9.17) is 4.74 Å². The zero-order valence-corrected chi connectivity index (χ0v) is 19.2. The molecule has 0 spiro atoms. The van der Waals surface area contributed by atoms with Gasteiger partial charge in [0.2, 0.25) is 5.91 Å². The van der Waals surface area contributed by atoms with Crippen molar-refractivity contribution in [2.24, 2.45) is 0 Å². The number of halogens is 1. The van der Waals surface area contributed by atoms with Crippen molar-refractivity contribution in [1.82, 2.24) is 4.90 Å². The molecule has 1 saturated heterocycles. The number of piperidine rings is 1. The number of rotatable bonds is 10. The number of ether oxygens (including phenoxy) is 1. The van der Waals surface area contributed by atoms with Crippen molar-refractivity contribution >= 4 is 11.6 Å². The number of hydrogen-bond donors (Lipinski definition) is 1. The number of likely N-dealkylation sites (tertiary alicyclic amines) is 1. The zero-order chi connectivity index (χ0) is 23.0. The Balaban J connectivity index is 1.43. The maximum Gasteiger partial charge on any atom is 0.226 e. The third-order valence-corrected chi connectivity index (χ3v) is 6.27. The first-order valence-corrected chi connectivity index (χ1v) is 11.6. The minimum Gasteiger partial charge on any atom is -0.494 e. The first-order chi connectivity index (χ1) is 15.4. The van der Waals surface area contributed by atoms with Gasteiger partial charge in [-0.1, -0.05) is 25.5 Å². The van der Waals surface area contributed by atoms with Gasteiger partial charge in [0.25, 0.3) is 0 Å². The van der Waals surface area contributed by atoms with Crippen LogP contribution >= 0.6 is 0 Å². The van der Waals surface area contributed by atoms with E-state index in [2.05, 4.69) is 11.8 Å². The largest absolute Gasteiger partial charge is 0.494 e. The topological polar surface area (TPSA) is 53.0 Å². The summed E-state index contributed by atoms with van der Waals surface area (Å²) < 4.78 is 18.8. The van der Waals surface area contributed by atoms with Gasteiger partial charge < -0.3 is 19.6 Å². The van der Waals surface area contributed by atoms with Gasteiger partial charge in [-0.15, -0.1) is 0 Å². The lowest BCUT2D eigenvalue weighted by Crippen LogP contribution is -2.48. The fourth-order valence-electron chi connectivity index (χ4n) is 3.95. The maximum absolute atomic E-state index is 13.0. The highest BCUT2D eigenvalue weighted by Gasteiger charge is 2.33. The van der Waals surface area contributed by atoms with Gasteiger partial charge in [0, 0.05) is 32.4 Å². The SMILES string of the molecule is CCCCOc1ccc(N(C)CCC2(O)CCN(C(=O)Cc3ccc(F)cc3)CC2)cc1. The molecule has 6 heteroatoms. The molecule has 32 heavy (non-hydrogen) atoms. The van der Waals surface area contributed by atoms with Crippen molar-refractivity contribution in [3.8, 4) is 5.75 Å². The van der Waals surface area contributed by atoms with E-state index in [9.17, 15) is 14.3 Å². The number of hydrogen-bond acceptors (Lipinski definition) is 4. The molecule has 1 N–H and O–H groups in total. The van der Waals surface area contributed by atoms with Gasteiger partial charge in [-0.3, -0.25) is 4.79 Å². The summed E-state index contributed by atoms with van der Waals surface area (Å²) in [6, 6.07) is 14.1. The van der Waals surface area contributed by atoms with Crippen LogP contribution in [0, 0.1) is 5.82 Å². The lowest BCUT2D eigenvalue weighted by atomic mass is 9.87. The monoisotopic (exact) mass is 442 g/mol. The predicted octanol–water partition coefficient (Wildman–Crippen LogP) is 4.43. The van der Waals surface area contributed by atoms with Crippen molar-refractivity contribution in [2.45, 2.75) is 51.0 Å². The second kappa shape index (κ2) is 11.3. The molecule has 0 aromatic heterocycles. The molecule has 2 aromatic rings. The Morgan fingerprint density at radius 2 is 1.78 bits per heavy atom. The second-order valence-corrected chi connectivity index (χ2v) is 8.78. The molecule has 0 radical (unpaired) electrons. The Bertz CT molecular complexity index is 846. The average molecular weight is 443 g/mol. The van der Waals surface area contributed by atoms with E-state index in [1.807, 2.05) is 31.3 Å². The highest BCUT2D eigenvalue weighted by atomic mass is 19.1. The van der Waals surface area contributed by atoms with Gasteiger partial charge in [0.1, 0.15) is 11.6 Å². The molecule has 1 amide bonds. The second-order valence-electron chi connectivity index (χ2n) is 8.78. The molecule has 3 rings (SSSR count). The van der Waals surface area contributed by atoms with Crippen LogP contribution in [-0.4, -0.2) is 54.8 Å². The standard InChI is InChI=1S/C26H35FN2O3/c1-3-4-19-32-24-11-9-23(10-12-24)28(2)16-13-26(31)14-17-29(18-15-26)25(30)20-21-5-7-22(27)8-6-21/h5-12,31H,3-4,13-20H2,1-2H3. The highest BCUT2D eigenvalue weighted by molar-refractivity contribution is 5.78. The number of carbonyl (C=O) groups is 1. The Labute approximate surface area is 190 Å². The molecule has 0 atom stereocenters. The van der Waals surface area contributed by atoms with Crippen molar-refractivity contribution in [3.63, 3.8) is 0 Å². The summed E-state index contributed by atoms with van der Waals surface area (Å²) in [5.74, 6) is 0.606. The maximum atomic E-state index is 13.0. The molecule has 1 aliphatic rings. The van der Waals surface area contributed by atoms with Gasteiger partial charge in [-0.05, 0) is 67.6 Å². The van der Waals surface area contributed by atoms with E-state index in [0.29, 0.717) is 32.4 Å². The van der Waals surface area contributed by atoms with Crippen molar-refractivity contribution in [3.05, 3.63) is 59.9 Å². The van der Waals surface area contributed by atoms with Crippen LogP contribution in [-0.2, 0) is 11.2 Å². The summed E-state index contributed by atoms with van der Waals surface area (Å²) in [6.45, 7) is 4.71. The van der Waals surface area contributed by atoms with E-state index >= 15 is 0 Å². The minimum absolute atomic E-state index is 0.0250. The summed E-state index contributed by atoms with van der Waals surface area (Å²) in [5.41, 5.74) is 1.13. The molecule has 174 valence electrons. The first-order valence-electron chi connectivity index (χ1n) is 11.6. The smallest absolute Gasteiger partial charge is 0.226 e. The number of nitrogens with zero attached hydrogens (tertiary/aromatic N) is 2. The molecular weight excluding hydrogens is 407 g/mol. The fourth-order valence-corrected chi connectivity index (χ4v) is 3.95. The minimum atomic E-state index is -0.760. The highest BCUT2D eigenvalue weighted by Crippen LogP contribution is 2.27. The summed E-state index contributed by atoms with van der Waals surface area (Å²) >= 11 is 0. The van der Waals surface area contributed by atoms with Gasteiger partial charge in [-0.25, -0.2) is 4.39 Å². The summed E-state index contributed by atoms with van der Waals surface area (Å²) in [7, 11) is 2.03. The number of amides is 1. The van der Waals surface area contributed by atoms with E-state index in [1.165, 1.54) is 12.1 Å². The summed E-state index contributed by atoms with van der Waals surface area (Å²) in [5, 5.41) is 11.0. The van der Waals surface area contributed by atoms with Crippen LogP contribution in [0.1, 0.15) is 44.6 Å². The lowest BCUT2D eigenvalue weighted by molar-refractivity contribution is -0.134. The molecule has 1 fully saturated rings. The van der Waals surface area contributed by atoms with E-state index in [-0.39, 0.29) is 18.1 Å². The van der Waals surface area contributed by atoms with Gasteiger partial charge in [-0.2, -0.15) is 0 Å². The Morgan fingerprint density at radius 1 is 1.12 bits per heavy atom. The lowest BCUT2D eigenvalue weighted by Gasteiger charge is -2.39. The van der Waals surface area contributed by atoms with Crippen LogP contribution in [0.2, 0.25) is 0 Å². The van der Waals surface area contributed by atoms with Gasteiger partial charge >= 0.3 is 0 Å². The zero-order valence-electron chi connectivity index (χ0n) is 19.2. The van der Waals surface area contributed by atoms with Crippen LogP contribution in [0.25, 0.3) is 0 Å².